The maximum atomic E-state index is 11.7. The normalized spacial score (nSPS) is 11.5. The molecular weight excluding hydrogens is 410 g/mol. The Hall–Kier alpha value is -4.11. The van der Waals surface area contributed by atoms with Gasteiger partial charge in [0.2, 0.25) is 0 Å². The van der Waals surface area contributed by atoms with Crippen LogP contribution in [0.5, 0.6) is 0 Å². The highest BCUT2D eigenvalue weighted by molar-refractivity contribution is 7.17. The van der Waals surface area contributed by atoms with Gasteiger partial charge in [0.25, 0.3) is 0 Å². The average molecular weight is 425 g/mol. The molecule has 8 nitrogen and oxygen atoms in total. The van der Waals surface area contributed by atoms with E-state index in [0.29, 0.717) is 0 Å². The van der Waals surface area contributed by atoms with Crippen LogP contribution in [0.4, 0.5) is 0 Å². The second kappa shape index (κ2) is 6.71. The van der Waals surface area contributed by atoms with Gasteiger partial charge >= 0.3 is 0 Å². The first-order valence-corrected chi connectivity index (χ1v) is 10.4. The molecule has 0 unspecified atom stereocenters. The summed E-state index contributed by atoms with van der Waals surface area (Å²) >= 11 is 1.45. The fourth-order valence-electron chi connectivity index (χ4n) is 3.70. The Kier molecular flexibility index (Phi) is 3.84. The summed E-state index contributed by atoms with van der Waals surface area (Å²) in [6.07, 6.45) is 7.10. The summed E-state index contributed by atoms with van der Waals surface area (Å²) in [5.74, 6) is 0.0585. The van der Waals surface area contributed by atoms with E-state index in [9.17, 15) is 4.79 Å². The molecular formula is C22H15N7OS. The van der Waals surface area contributed by atoms with Crippen molar-refractivity contribution in [1.29, 1.82) is 0 Å². The van der Waals surface area contributed by atoms with Gasteiger partial charge in [-0.05, 0) is 37.3 Å². The van der Waals surface area contributed by atoms with E-state index in [-0.39, 0.29) is 5.78 Å². The molecule has 0 fully saturated rings. The van der Waals surface area contributed by atoms with Gasteiger partial charge in [-0.25, -0.2) is 0 Å². The Morgan fingerprint density at radius 2 is 1.90 bits per heavy atom. The molecule has 150 valence electrons. The van der Waals surface area contributed by atoms with Gasteiger partial charge in [0, 0.05) is 34.2 Å². The molecule has 31 heavy (non-hydrogen) atoms. The second-order valence-electron chi connectivity index (χ2n) is 7.20. The number of hydrogen-bond donors (Lipinski definition) is 3. The van der Waals surface area contributed by atoms with Gasteiger partial charge in [0.15, 0.2) is 5.78 Å². The number of nitrogens with zero attached hydrogens (tertiary/aromatic N) is 4. The van der Waals surface area contributed by atoms with Crippen molar-refractivity contribution in [2.75, 3.05) is 0 Å². The first-order chi connectivity index (χ1) is 15.2. The lowest BCUT2D eigenvalue weighted by Gasteiger charge is -1.98. The first-order valence-electron chi connectivity index (χ1n) is 9.60. The number of carbonyl (C=O) groups excluding carboxylic acids is 1. The highest BCUT2D eigenvalue weighted by Gasteiger charge is 2.16. The van der Waals surface area contributed by atoms with Crippen LogP contribution in [-0.4, -0.2) is 41.1 Å². The van der Waals surface area contributed by atoms with E-state index in [1.165, 1.54) is 11.3 Å². The Labute approximate surface area is 179 Å². The molecule has 0 bridgehead atoms. The highest BCUT2D eigenvalue weighted by Crippen LogP contribution is 2.36. The number of aromatic amines is 3. The number of fused-ring (bicyclic) bond motifs is 2. The zero-order chi connectivity index (χ0) is 20.9. The van der Waals surface area contributed by atoms with Gasteiger partial charge in [-0.1, -0.05) is 0 Å². The Balaban J connectivity index is 1.50. The average Bonchev–Trinajstić information content (AvgIpc) is 3.58. The summed E-state index contributed by atoms with van der Waals surface area (Å²) < 4.78 is 0. The predicted octanol–water partition coefficient (Wildman–Crippen LogP) is 4.82. The van der Waals surface area contributed by atoms with Gasteiger partial charge < -0.3 is 4.98 Å². The molecule has 9 heteroatoms. The molecule has 0 saturated heterocycles. The van der Waals surface area contributed by atoms with Crippen LogP contribution in [0.25, 0.3) is 55.0 Å². The molecule has 6 heterocycles. The molecule has 0 saturated carbocycles. The summed E-state index contributed by atoms with van der Waals surface area (Å²) in [6, 6.07) is 9.79. The minimum absolute atomic E-state index is 0.0585. The van der Waals surface area contributed by atoms with Gasteiger partial charge in [-0.2, -0.15) is 10.2 Å². The fraction of sp³-hybridized carbons (Fsp3) is 0.0455. The SMILES string of the molecule is CC(=O)c1ccc(-c2nccc3[nH]c(-c4n[nH]c5cnc(-c6cn[nH]c6)cc45)cc23)s1. The van der Waals surface area contributed by atoms with Gasteiger partial charge in [0.1, 0.15) is 5.69 Å². The van der Waals surface area contributed by atoms with Crippen molar-refractivity contribution in [2.45, 2.75) is 6.92 Å². The number of rotatable bonds is 4. The topological polar surface area (TPSA) is 116 Å². The number of nitrogens with one attached hydrogen (secondary N) is 3. The zero-order valence-electron chi connectivity index (χ0n) is 16.3. The number of aromatic nitrogens is 7. The summed E-state index contributed by atoms with van der Waals surface area (Å²) in [4.78, 5) is 25.9. The number of hydrogen-bond acceptors (Lipinski definition) is 6. The summed E-state index contributed by atoms with van der Waals surface area (Å²) in [5, 5.41) is 16.4. The van der Waals surface area contributed by atoms with E-state index in [1.807, 2.05) is 30.5 Å². The van der Waals surface area contributed by atoms with E-state index >= 15 is 0 Å². The van der Waals surface area contributed by atoms with E-state index in [1.54, 1.807) is 25.5 Å². The van der Waals surface area contributed by atoms with Crippen LogP contribution in [0.1, 0.15) is 16.6 Å². The zero-order valence-corrected chi connectivity index (χ0v) is 17.1. The molecule has 0 aromatic carbocycles. The largest absolute Gasteiger partial charge is 0.353 e. The number of Topliss-reactive ketones (excluding diaryl/α,β-unsaturated/α-hetero) is 1. The molecule has 0 aliphatic carbocycles. The molecule has 6 rings (SSSR count). The molecule has 0 amide bonds. The van der Waals surface area contributed by atoms with Crippen molar-refractivity contribution in [3.8, 4) is 33.2 Å². The third-order valence-corrected chi connectivity index (χ3v) is 6.42. The molecule has 0 radical (unpaired) electrons. The van der Waals surface area contributed by atoms with Crippen LogP contribution in [0, 0.1) is 0 Å². The van der Waals surface area contributed by atoms with Crippen molar-refractivity contribution in [3.63, 3.8) is 0 Å². The van der Waals surface area contributed by atoms with E-state index in [4.69, 9.17) is 0 Å². The van der Waals surface area contributed by atoms with Crippen LogP contribution < -0.4 is 0 Å². The fourth-order valence-corrected chi connectivity index (χ4v) is 4.62. The third-order valence-electron chi connectivity index (χ3n) is 5.23. The van der Waals surface area contributed by atoms with Crippen molar-refractivity contribution in [2.24, 2.45) is 0 Å². The first kappa shape index (κ1) is 17.7. The summed E-state index contributed by atoms with van der Waals surface area (Å²) in [6.45, 7) is 1.58. The van der Waals surface area contributed by atoms with Gasteiger partial charge in [0.05, 0.1) is 44.7 Å². The predicted molar refractivity (Wildman–Crippen MR) is 120 cm³/mol. The maximum Gasteiger partial charge on any atom is 0.169 e. The second-order valence-corrected chi connectivity index (χ2v) is 8.28. The molecule has 3 N–H and O–H groups in total. The Bertz CT molecular complexity index is 1570. The molecule has 0 atom stereocenters. The number of ketones is 1. The molecule has 6 aromatic rings. The quantitative estimate of drug-likeness (QED) is 0.350. The number of carbonyl (C=O) groups is 1. The standard InChI is InChI=1S/C22H15N7OS/c1-11(30)19-2-3-20(31-19)22-13-7-17(27-15(13)4-5-23-22)21-14-6-16(12-8-25-26-9-12)24-10-18(14)28-29-21/h2-10,27H,1H3,(H,25,26)(H,28,29). The molecule has 0 aliphatic heterocycles. The summed E-state index contributed by atoms with van der Waals surface area (Å²) in [7, 11) is 0. The molecule has 0 spiro atoms. The van der Waals surface area contributed by atoms with Crippen LogP contribution in [0.2, 0.25) is 0 Å². The Morgan fingerprint density at radius 3 is 2.71 bits per heavy atom. The number of thiophene rings is 1. The van der Waals surface area contributed by atoms with Crippen molar-refractivity contribution < 1.29 is 4.79 Å². The van der Waals surface area contributed by atoms with E-state index < -0.39 is 0 Å². The number of H-pyrrole nitrogens is 3. The van der Waals surface area contributed by atoms with Gasteiger partial charge in [-0.15, -0.1) is 11.3 Å². The van der Waals surface area contributed by atoms with Crippen LogP contribution >= 0.6 is 11.3 Å². The van der Waals surface area contributed by atoms with Crippen LogP contribution in [0.15, 0.2) is 55.1 Å². The highest BCUT2D eigenvalue weighted by atomic mass is 32.1. The van der Waals surface area contributed by atoms with Crippen molar-refractivity contribution in [1.82, 2.24) is 35.3 Å². The number of pyridine rings is 2. The molecule has 0 aliphatic rings. The lowest BCUT2D eigenvalue weighted by Crippen LogP contribution is -1.83. The Morgan fingerprint density at radius 1 is 1.00 bits per heavy atom. The monoisotopic (exact) mass is 425 g/mol. The molecule has 6 aromatic heterocycles. The van der Waals surface area contributed by atoms with Crippen molar-refractivity contribution in [3.05, 3.63) is 60.0 Å². The van der Waals surface area contributed by atoms with Crippen molar-refractivity contribution >= 4 is 38.9 Å². The lowest BCUT2D eigenvalue weighted by atomic mass is 10.1. The summed E-state index contributed by atoms with van der Waals surface area (Å²) in [5.41, 5.74) is 6.07. The van der Waals surface area contributed by atoms with Crippen LogP contribution in [0.3, 0.4) is 0 Å². The van der Waals surface area contributed by atoms with E-state index in [0.717, 1.165) is 59.9 Å². The smallest absolute Gasteiger partial charge is 0.169 e. The maximum absolute atomic E-state index is 11.7. The van der Waals surface area contributed by atoms with E-state index in [2.05, 4.69) is 41.4 Å². The van der Waals surface area contributed by atoms with Gasteiger partial charge in [-0.3, -0.25) is 25.0 Å². The third kappa shape index (κ3) is 2.86. The minimum Gasteiger partial charge on any atom is -0.353 e. The van der Waals surface area contributed by atoms with Crippen LogP contribution in [-0.2, 0) is 0 Å². The minimum atomic E-state index is 0.0585. The lowest BCUT2D eigenvalue weighted by molar-refractivity contribution is 0.102.